The van der Waals surface area contributed by atoms with Crippen LogP contribution in [0, 0.1) is 0 Å². The zero-order valence-corrected chi connectivity index (χ0v) is 7.82. The van der Waals surface area contributed by atoms with Crippen molar-refractivity contribution in [3.8, 4) is 0 Å². The van der Waals surface area contributed by atoms with E-state index < -0.39 is 5.97 Å². The lowest BCUT2D eigenvalue weighted by Gasteiger charge is -1.95. The summed E-state index contributed by atoms with van der Waals surface area (Å²) in [6.45, 7) is 3.41. The highest BCUT2D eigenvalue weighted by atomic mass is 32.2. The summed E-state index contributed by atoms with van der Waals surface area (Å²) in [5.41, 5.74) is 0.204. The van der Waals surface area contributed by atoms with E-state index in [1.807, 2.05) is 5.38 Å². The second-order valence-electron chi connectivity index (χ2n) is 2.00. The Balaban J connectivity index is 2.37. The topological polar surface area (TPSA) is 50.2 Å². The zero-order valence-electron chi connectivity index (χ0n) is 6.19. The molecule has 0 saturated carbocycles. The fourth-order valence-corrected chi connectivity index (χ4v) is 2.02. The number of carbonyl (C=O) groups is 1. The molecule has 0 unspecified atom stereocenters. The third-order valence-corrected chi connectivity index (χ3v) is 3.13. The summed E-state index contributed by atoms with van der Waals surface area (Å²) in [6, 6.07) is 0. The van der Waals surface area contributed by atoms with Crippen molar-refractivity contribution in [3.05, 3.63) is 23.7 Å². The summed E-state index contributed by atoms with van der Waals surface area (Å²) in [5, 5.41) is 10.3. The molecule has 0 aliphatic heterocycles. The van der Waals surface area contributed by atoms with Gasteiger partial charge in [-0.1, -0.05) is 18.3 Å². The number of carboxylic acids is 1. The molecule has 1 N–H and O–H groups in total. The largest absolute Gasteiger partial charge is 0.478 e. The molecule has 1 aromatic rings. The van der Waals surface area contributed by atoms with Crippen molar-refractivity contribution >= 4 is 29.1 Å². The van der Waals surface area contributed by atoms with Gasteiger partial charge in [0, 0.05) is 22.9 Å². The van der Waals surface area contributed by atoms with Crippen molar-refractivity contribution in [2.45, 2.75) is 4.34 Å². The molecule has 0 spiro atoms. The number of aliphatic carboxylic acids is 1. The Bertz CT molecular complexity index is 282. The Hall–Kier alpha value is -0.810. The van der Waals surface area contributed by atoms with E-state index in [4.69, 9.17) is 5.11 Å². The summed E-state index contributed by atoms with van der Waals surface area (Å²) in [4.78, 5) is 14.3. The summed E-state index contributed by atoms with van der Waals surface area (Å²) in [7, 11) is 0. The molecule has 3 nitrogen and oxygen atoms in total. The van der Waals surface area contributed by atoms with E-state index in [1.54, 1.807) is 6.20 Å². The summed E-state index contributed by atoms with van der Waals surface area (Å²) in [6.07, 6.45) is 1.69. The molecule has 64 valence electrons. The first-order valence-electron chi connectivity index (χ1n) is 3.13. The van der Waals surface area contributed by atoms with Gasteiger partial charge in [-0.05, 0) is 0 Å². The molecule has 12 heavy (non-hydrogen) atoms. The monoisotopic (exact) mass is 201 g/mol. The Morgan fingerprint density at radius 2 is 2.58 bits per heavy atom. The lowest BCUT2D eigenvalue weighted by molar-refractivity contribution is -0.132. The van der Waals surface area contributed by atoms with Crippen molar-refractivity contribution in [2.24, 2.45) is 0 Å². The predicted octanol–water partition coefficient (Wildman–Crippen LogP) is 1.88. The number of rotatable bonds is 4. The molecule has 1 aromatic heterocycles. The Kier molecular flexibility index (Phi) is 3.31. The first kappa shape index (κ1) is 9.28. The minimum atomic E-state index is -0.945. The van der Waals surface area contributed by atoms with Gasteiger partial charge in [-0.25, -0.2) is 9.78 Å². The number of nitrogens with zero attached hydrogens (tertiary/aromatic N) is 1. The fourth-order valence-electron chi connectivity index (χ4n) is 0.492. The van der Waals surface area contributed by atoms with Gasteiger partial charge in [0.15, 0.2) is 0 Å². The van der Waals surface area contributed by atoms with Gasteiger partial charge in [0.1, 0.15) is 4.34 Å². The second kappa shape index (κ2) is 4.27. The van der Waals surface area contributed by atoms with Crippen molar-refractivity contribution in [1.29, 1.82) is 0 Å². The number of thiazole rings is 1. The van der Waals surface area contributed by atoms with Gasteiger partial charge >= 0.3 is 5.97 Å². The lowest BCUT2D eigenvalue weighted by Crippen LogP contribution is -2.00. The molecule has 5 heteroatoms. The van der Waals surface area contributed by atoms with Gasteiger partial charge < -0.3 is 5.11 Å². The quantitative estimate of drug-likeness (QED) is 0.597. The molecule has 1 rings (SSSR count). The third-order valence-electron chi connectivity index (χ3n) is 1.08. The highest BCUT2D eigenvalue weighted by Gasteiger charge is 2.05. The van der Waals surface area contributed by atoms with Gasteiger partial charge in [-0.3, -0.25) is 0 Å². The van der Waals surface area contributed by atoms with Gasteiger partial charge in [-0.15, -0.1) is 11.3 Å². The average molecular weight is 201 g/mol. The standard InChI is InChI=1S/C7H7NO2S2/c1-5(6(9)10)4-12-7-8-2-3-11-7/h2-3H,1,4H2,(H,9,10). The minimum absolute atomic E-state index is 0.204. The Morgan fingerprint density at radius 1 is 1.83 bits per heavy atom. The van der Waals surface area contributed by atoms with Gasteiger partial charge in [0.05, 0.1) is 0 Å². The molecule has 0 saturated heterocycles. The Morgan fingerprint density at radius 3 is 3.08 bits per heavy atom. The summed E-state index contributed by atoms with van der Waals surface area (Å²) >= 11 is 2.88. The Labute approximate surface area is 78.1 Å². The van der Waals surface area contributed by atoms with Crippen LogP contribution < -0.4 is 0 Å². The van der Waals surface area contributed by atoms with E-state index in [2.05, 4.69) is 11.6 Å². The normalized spacial score (nSPS) is 9.67. The minimum Gasteiger partial charge on any atom is -0.478 e. The van der Waals surface area contributed by atoms with Crippen LogP contribution in [0.5, 0.6) is 0 Å². The van der Waals surface area contributed by atoms with Crippen LogP contribution >= 0.6 is 23.1 Å². The van der Waals surface area contributed by atoms with E-state index in [1.165, 1.54) is 23.1 Å². The van der Waals surface area contributed by atoms with E-state index in [0.717, 1.165) is 4.34 Å². The second-order valence-corrected chi connectivity index (χ2v) is 4.11. The molecule has 0 bridgehead atoms. The van der Waals surface area contributed by atoms with Crippen LogP contribution in [0.1, 0.15) is 0 Å². The maximum Gasteiger partial charge on any atom is 0.331 e. The number of aromatic nitrogens is 1. The van der Waals surface area contributed by atoms with Crippen molar-refractivity contribution in [2.75, 3.05) is 5.75 Å². The smallest absolute Gasteiger partial charge is 0.331 e. The van der Waals surface area contributed by atoms with E-state index in [-0.39, 0.29) is 5.57 Å². The summed E-state index contributed by atoms with van der Waals surface area (Å²) < 4.78 is 0.873. The van der Waals surface area contributed by atoms with E-state index >= 15 is 0 Å². The number of carboxylic acid groups (broad SMARTS) is 1. The zero-order chi connectivity index (χ0) is 8.97. The van der Waals surface area contributed by atoms with Crippen molar-refractivity contribution in [3.63, 3.8) is 0 Å². The number of hydrogen-bond acceptors (Lipinski definition) is 4. The fraction of sp³-hybridized carbons (Fsp3) is 0.143. The molecule has 0 atom stereocenters. The van der Waals surface area contributed by atoms with Crippen molar-refractivity contribution < 1.29 is 9.90 Å². The van der Waals surface area contributed by atoms with Crippen LogP contribution in [-0.2, 0) is 4.79 Å². The van der Waals surface area contributed by atoms with Crippen LogP contribution in [0.4, 0.5) is 0 Å². The van der Waals surface area contributed by atoms with Crippen LogP contribution in [0.25, 0.3) is 0 Å². The first-order chi connectivity index (χ1) is 5.70. The molecule has 0 aliphatic rings. The third kappa shape index (κ3) is 2.67. The van der Waals surface area contributed by atoms with Crippen molar-refractivity contribution in [1.82, 2.24) is 4.98 Å². The van der Waals surface area contributed by atoms with E-state index in [0.29, 0.717) is 5.75 Å². The van der Waals surface area contributed by atoms with Gasteiger partial charge in [-0.2, -0.15) is 0 Å². The molecule has 0 aliphatic carbocycles. The van der Waals surface area contributed by atoms with Crippen LogP contribution in [0.3, 0.4) is 0 Å². The molecule has 0 radical (unpaired) electrons. The lowest BCUT2D eigenvalue weighted by atomic mass is 10.4. The van der Waals surface area contributed by atoms with Crippen LogP contribution in [-0.4, -0.2) is 21.8 Å². The van der Waals surface area contributed by atoms with Crippen LogP contribution in [0.15, 0.2) is 28.1 Å². The number of hydrogen-bond donors (Lipinski definition) is 1. The molecular formula is C7H7NO2S2. The highest BCUT2D eigenvalue weighted by Crippen LogP contribution is 2.21. The molecular weight excluding hydrogens is 194 g/mol. The predicted molar refractivity (Wildman–Crippen MR) is 49.6 cm³/mol. The van der Waals surface area contributed by atoms with Gasteiger partial charge in [0.25, 0.3) is 0 Å². The molecule has 0 amide bonds. The first-order valence-corrected chi connectivity index (χ1v) is 5.00. The van der Waals surface area contributed by atoms with Crippen LogP contribution in [0.2, 0.25) is 0 Å². The van der Waals surface area contributed by atoms with Gasteiger partial charge in [0.2, 0.25) is 0 Å². The summed E-state index contributed by atoms with van der Waals surface area (Å²) in [5.74, 6) is -0.554. The molecule has 0 aromatic carbocycles. The maximum absolute atomic E-state index is 10.3. The maximum atomic E-state index is 10.3. The average Bonchev–Trinajstić information content (AvgIpc) is 2.51. The SMILES string of the molecule is C=C(CSc1nccs1)C(=O)O. The highest BCUT2D eigenvalue weighted by molar-refractivity contribution is 8.01. The molecule has 1 heterocycles. The molecule has 0 fully saturated rings. The van der Waals surface area contributed by atoms with E-state index in [9.17, 15) is 4.79 Å². The number of thioether (sulfide) groups is 1.